The van der Waals surface area contributed by atoms with Crippen molar-refractivity contribution in [2.24, 2.45) is 5.73 Å². The first-order chi connectivity index (χ1) is 8.22. The molecule has 0 aromatic rings. The summed E-state index contributed by atoms with van der Waals surface area (Å²) < 4.78 is 5.57. The SMILES string of the molecule is COC1CCCC(CN)(N(C)C2CCSC2)C1. The first kappa shape index (κ1) is 13.7. The molecule has 4 heteroatoms. The summed E-state index contributed by atoms with van der Waals surface area (Å²) in [7, 11) is 4.12. The molecule has 0 aromatic heterocycles. The van der Waals surface area contributed by atoms with Crippen LogP contribution in [0.1, 0.15) is 32.1 Å². The third-order valence-electron chi connectivity index (χ3n) is 4.69. The maximum atomic E-state index is 6.12. The van der Waals surface area contributed by atoms with E-state index in [1.807, 2.05) is 7.11 Å². The zero-order valence-corrected chi connectivity index (χ0v) is 12.0. The van der Waals surface area contributed by atoms with Gasteiger partial charge < -0.3 is 10.5 Å². The van der Waals surface area contributed by atoms with Gasteiger partial charge in [-0.1, -0.05) is 0 Å². The van der Waals surface area contributed by atoms with E-state index in [1.165, 1.54) is 37.2 Å². The van der Waals surface area contributed by atoms with E-state index < -0.39 is 0 Å². The van der Waals surface area contributed by atoms with Crippen molar-refractivity contribution in [1.82, 2.24) is 4.90 Å². The monoisotopic (exact) mass is 258 g/mol. The highest BCUT2D eigenvalue weighted by Gasteiger charge is 2.41. The number of thioether (sulfide) groups is 1. The number of hydrogen-bond donors (Lipinski definition) is 1. The molecule has 100 valence electrons. The average molecular weight is 258 g/mol. The summed E-state index contributed by atoms with van der Waals surface area (Å²) in [5.41, 5.74) is 6.31. The van der Waals surface area contributed by atoms with Gasteiger partial charge in [0.15, 0.2) is 0 Å². The van der Waals surface area contributed by atoms with Gasteiger partial charge in [-0.25, -0.2) is 0 Å². The first-order valence-corrected chi connectivity index (χ1v) is 7.91. The van der Waals surface area contributed by atoms with Crippen LogP contribution < -0.4 is 5.73 Å². The van der Waals surface area contributed by atoms with Crippen LogP contribution in [0.15, 0.2) is 0 Å². The van der Waals surface area contributed by atoms with Crippen LogP contribution in [0.2, 0.25) is 0 Å². The number of nitrogens with two attached hydrogens (primary N) is 1. The second-order valence-corrected chi connectivity index (χ2v) is 6.66. The van der Waals surface area contributed by atoms with Crippen LogP contribution in [0, 0.1) is 0 Å². The molecule has 3 atom stereocenters. The van der Waals surface area contributed by atoms with Gasteiger partial charge in [-0.3, -0.25) is 4.90 Å². The molecule has 2 rings (SSSR count). The molecule has 1 heterocycles. The third kappa shape index (κ3) is 2.80. The molecule has 1 saturated heterocycles. The van der Waals surface area contributed by atoms with Crippen molar-refractivity contribution in [3.8, 4) is 0 Å². The molecule has 2 aliphatic rings. The lowest BCUT2D eigenvalue weighted by molar-refractivity contribution is -0.0240. The van der Waals surface area contributed by atoms with Crippen molar-refractivity contribution in [2.45, 2.75) is 49.8 Å². The fourth-order valence-electron chi connectivity index (χ4n) is 3.35. The molecule has 2 N–H and O–H groups in total. The topological polar surface area (TPSA) is 38.5 Å². The largest absolute Gasteiger partial charge is 0.381 e. The Hall–Kier alpha value is 0.230. The Labute approximate surface area is 109 Å². The van der Waals surface area contributed by atoms with Crippen molar-refractivity contribution in [3.05, 3.63) is 0 Å². The molecule has 0 amide bonds. The third-order valence-corrected chi connectivity index (χ3v) is 5.84. The maximum Gasteiger partial charge on any atom is 0.0589 e. The quantitative estimate of drug-likeness (QED) is 0.833. The summed E-state index contributed by atoms with van der Waals surface area (Å²) in [6.45, 7) is 0.768. The normalized spacial score (nSPS) is 38.8. The highest BCUT2D eigenvalue weighted by atomic mass is 32.2. The van der Waals surface area contributed by atoms with Gasteiger partial charge in [-0.05, 0) is 44.9 Å². The highest BCUT2D eigenvalue weighted by molar-refractivity contribution is 7.99. The predicted octanol–water partition coefficient (Wildman–Crippen LogP) is 1.71. The molecule has 1 aliphatic carbocycles. The summed E-state index contributed by atoms with van der Waals surface area (Å²) in [6, 6.07) is 0.721. The van der Waals surface area contributed by atoms with Crippen LogP contribution in [0.4, 0.5) is 0 Å². The van der Waals surface area contributed by atoms with E-state index in [0.29, 0.717) is 6.10 Å². The Kier molecular flexibility index (Phi) is 4.75. The van der Waals surface area contributed by atoms with Crippen molar-refractivity contribution in [2.75, 3.05) is 32.2 Å². The summed E-state index contributed by atoms with van der Waals surface area (Å²) in [5.74, 6) is 2.58. The predicted molar refractivity (Wildman–Crippen MR) is 74.5 cm³/mol. The summed E-state index contributed by atoms with van der Waals surface area (Å²) in [6.07, 6.45) is 6.52. The zero-order valence-electron chi connectivity index (χ0n) is 11.2. The van der Waals surface area contributed by atoms with E-state index in [1.54, 1.807) is 0 Å². The highest BCUT2D eigenvalue weighted by Crippen LogP contribution is 2.37. The van der Waals surface area contributed by atoms with Gasteiger partial charge in [0.05, 0.1) is 6.10 Å². The lowest BCUT2D eigenvalue weighted by atomic mass is 9.78. The molecule has 17 heavy (non-hydrogen) atoms. The number of methoxy groups -OCH3 is 1. The van der Waals surface area contributed by atoms with Crippen LogP contribution in [-0.2, 0) is 4.74 Å². The van der Waals surface area contributed by atoms with Crippen LogP contribution >= 0.6 is 11.8 Å². The molecule has 0 aromatic carbocycles. The minimum atomic E-state index is 0.189. The van der Waals surface area contributed by atoms with Crippen LogP contribution in [-0.4, -0.2) is 54.8 Å². The van der Waals surface area contributed by atoms with Crippen LogP contribution in [0.3, 0.4) is 0 Å². The summed E-state index contributed by atoms with van der Waals surface area (Å²) in [4.78, 5) is 2.58. The molecular formula is C13H26N2OS. The van der Waals surface area contributed by atoms with E-state index in [9.17, 15) is 0 Å². The van der Waals surface area contributed by atoms with Gasteiger partial charge in [0.2, 0.25) is 0 Å². The number of rotatable bonds is 4. The van der Waals surface area contributed by atoms with Gasteiger partial charge in [0.25, 0.3) is 0 Å². The van der Waals surface area contributed by atoms with E-state index in [2.05, 4.69) is 23.7 Å². The van der Waals surface area contributed by atoms with E-state index >= 15 is 0 Å². The molecule has 0 spiro atoms. The van der Waals surface area contributed by atoms with Gasteiger partial charge in [-0.15, -0.1) is 0 Å². The van der Waals surface area contributed by atoms with E-state index in [4.69, 9.17) is 10.5 Å². The zero-order chi connectivity index (χ0) is 12.3. The molecule has 3 nitrogen and oxygen atoms in total. The van der Waals surface area contributed by atoms with Gasteiger partial charge in [0, 0.05) is 31.0 Å². The minimum Gasteiger partial charge on any atom is -0.381 e. The minimum absolute atomic E-state index is 0.189. The fourth-order valence-corrected chi connectivity index (χ4v) is 4.62. The summed E-state index contributed by atoms with van der Waals surface area (Å²) in [5, 5.41) is 0. The van der Waals surface area contributed by atoms with Gasteiger partial charge in [-0.2, -0.15) is 11.8 Å². The molecule has 3 unspecified atom stereocenters. The molecule has 0 radical (unpaired) electrons. The van der Waals surface area contributed by atoms with E-state index in [0.717, 1.165) is 19.0 Å². The van der Waals surface area contributed by atoms with Crippen LogP contribution in [0.5, 0.6) is 0 Å². The Balaban J connectivity index is 2.06. The maximum absolute atomic E-state index is 6.12. The standard InChI is InChI=1S/C13H26N2OS/c1-15(11-5-7-17-9-11)13(10-14)6-3-4-12(8-13)16-2/h11-12H,3-10,14H2,1-2H3. The van der Waals surface area contributed by atoms with Crippen molar-refractivity contribution in [3.63, 3.8) is 0 Å². The lowest BCUT2D eigenvalue weighted by Crippen LogP contribution is -2.59. The number of likely N-dealkylation sites (N-methyl/N-ethyl adjacent to an activating group) is 1. The van der Waals surface area contributed by atoms with Gasteiger partial charge in [0.1, 0.15) is 0 Å². The fraction of sp³-hybridized carbons (Fsp3) is 1.00. The number of ether oxygens (including phenoxy) is 1. The Morgan fingerprint density at radius 3 is 2.88 bits per heavy atom. The number of hydrogen-bond acceptors (Lipinski definition) is 4. The molecule has 0 bridgehead atoms. The van der Waals surface area contributed by atoms with E-state index in [-0.39, 0.29) is 5.54 Å². The molecule has 2 fully saturated rings. The smallest absolute Gasteiger partial charge is 0.0589 e. The lowest BCUT2D eigenvalue weighted by Gasteiger charge is -2.48. The van der Waals surface area contributed by atoms with Crippen molar-refractivity contribution >= 4 is 11.8 Å². The van der Waals surface area contributed by atoms with Crippen molar-refractivity contribution in [1.29, 1.82) is 0 Å². The Morgan fingerprint density at radius 1 is 1.47 bits per heavy atom. The van der Waals surface area contributed by atoms with Crippen LogP contribution in [0.25, 0.3) is 0 Å². The molecular weight excluding hydrogens is 232 g/mol. The van der Waals surface area contributed by atoms with Gasteiger partial charge >= 0.3 is 0 Å². The second-order valence-electron chi connectivity index (χ2n) is 5.51. The second kappa shape index (κ2) is 5.91. The Bertz CT molecular complexity index is 246. The molecule has 1 saturated carbocycles. The average Bonchev–Trinajstić information content (AvgIpc) is 2.91. The summed E-state index contributed by atoms with van der Waals surface area (Å²) >= 11 is 2.08. The number of nitrogens with zero attached hydrogens (tertiary/aromatic N) is 1. The Morgan fingerprint density at radius 2 is 2.29 bits per heavy atom. The van der Waals surface area contributed by atoms with Crippen molar-refractivity contribution < 1.29 is 4.74 Å². The first-order valence-electron chi connectivity index (χ1n) is 6.75. The molecule has 1 aliphatic heterocycles.